The van der Waals surface area contributed by atoms with Crippen molar-refractivity contribution in [3.8, 4) is 5.75 Å². The monoisotopic (exact) mass is 251 g/mol. The SMILES string of the molecule is Cc1ccc2c(c1)[C@@H]1CCOc3ccccc3[C@@H]1N2. The Labute approximate surface area is 113 Å². The van der Waals surface area contributed by atoms with Gasteiger partial charge in [0.15, 0.2) is 0 Å². The van der Waals surface area contributed by atoms with E-state index in [2.05, 4.69) is 48.6 Å². The number of hydrogen-bond acceptors (Lipinski definition) is 2. The molecule has 2 nitrogen and oxygen atoms in total. The summed E-state index contributed by atoms with van der Waals surface area (Å²) in [5.41, 5.74) is 5.36. The first kappa shape index (κ1) is 10.9. The fourth-order valence-corrected chi connectivity index (χ4v) is 3.35. The summed E-state index contributed by atoms with van der Waals surface area (Å²) >= 11 is 0. The summed E-state index contributed by atoms with van der Waals surface area (Å²) in [6.45, 7) is 2.96. The third kappa shape index (κ3) is 1.63. The van der Waals surface area contributed by atoms with Crippen LogP contribution in [0.3, 0.4) is 0 Å². The van der Waals surface area contributed by atoms with Gasteiger partial charge in [-0.3, -0.25) is 0 Å². The van der Waals surface area contributed by atoms with Crippen LogP contribution in [0, 0.1) is 6.92 Å². The molecule has 2 aliphatic rings. The lowest BCUT2D eigenvalue weighted by atomic mass is 9.88. The molecule has 4 rings (SSSR count). The molecule has 1 N–H and O–H groups in total. The standard InChI is InChI=1S/C17H17NO/c1-11-6-7-15-14(10-11)12-8-9-19-16-5-3-2-4-13(16)17(12)18-15/h2-7,10,12,17-18H,8-9H2,1H3/t12-,17+/m0/s1. The molecular weight excluding hydrogens is 234 g/mol. The second-order valence-electron chi connectivity index (χ2n) is 5.49. The van der Waals surface area contributed by atoms with Crippen molar-refractivity contribution in [3.63, 3.8) is 0 Å². The van der Waals surface area contributed by atoms with E-state index >= 15 is 0 Å². The van der Waals surface area contributed by atoms with E-state index in [1.165, 1.54) is 22.4 Å². The molecule has 0 aromatic heterocycles. The number of aryl methyl sites for hydroxylation is 1. The normalized spacial score (nSPS) is 23.4. The predicted molar refractivity (Wildman–Crippen MR) is 76.8 cm³/mol. The predicted octanol–water partition coefficient (Wildman–Crippen LogP) is 4.03. The lowest BCUT2D eigenvalue weighted by Gasteiger charge is -2.18. The summed E-state index contributed by atoms with van der Waals surface area (Å²) in [4.78, 5) is 0. The fraction of sp³-hybridized carbons (Fsp3) is 0.294. The first-order valence-electron chi connectivity index (χ1n) is 6.92. The van der Waals surface area contributed by atoms with Gasteiger partial charge in [-0.05, 0) is 31.0 Å². The highest BCUT2D eigenvalue weighted by Gasteiger charge is 2.36. The first-order valence-corrected chi connectivity index (χ1v) is 6.92. The molecule has 2 atom stereocenters. The van der Waals surface area contributed by atoms with E-state index in [0.717, 1.165) is 18.8 Å². The van der Waals surface area contributed by atoms with E-state index < -0.39 is 0 Å². The minimum Gasteiger partial charge on any atom is -0.493 e. The third-order valence-corrected chi connectivity index (χ3v) is 4.26. The van der Waals surface area contributed by atoms with Crippen LogP contribution < -0.4 is 10.1 Å². The van der Waals surface area contributed by atoms with Crippen LogP contribution in [0.25, 0.3) is 0 Å². The summed E-state index contributed by atoms with van der Waals surface area (Å²) < 4.78 is 5.89. The Kier molecular flexibility index (Phi) is 2.31. The fourth-order valence-electron chi connectivity index (χ4n) is 3.35. The van der Waals surface area contributed by atoms with Gasteiger partial charge in [-0.25, -0.2) is 0 Å². The van der Waals surface area contributed by atoms with Crippen LogP contribution in [-0.2, 0) is 0 Å². The first-order chi connectivity index (χ1) is 9.33. The second kappa shape index (κ2) is 4.02. The molecule has 2 aliphatic heterocycles. The molecule has 2 aromatic rings. The number of para-hydroxylation sites is 1. The molecule has 2 heteroatoms. The summed E-state index contributed by atoms with van der Waals surface area (Å²) in [5, 5.41) is 3.68. The number of fused-ring (bicyclic) bond motifs is 5. The molecule has 2 heterocycles. The van der Waals surface area contributed by atoms with Crippen LogP contribution in [-0.4, -0.2) is 6.61 Å². The summed E-state index contributed by atoms with van der Waals surface area (Å²) in [6, 6.07) is 15.5. The Morgan fingerprint density at radius 3 is 2.95 bits per heavy atom. The molecule has 0 unspecified atom stereocenters. The maximum absolute atomic E-state index is 5.89. The van der Waals surface area contributed by atoms with Crippen molar-refractivity contribution in [3.05, 3.63) is 59.2 Å². The zero-order chi connectivity index (χ0) is 12.8. The molecule has 0 spiro atoms. The summed E-state index contributed by atoms with van der Waals surface area (Å²) in [6.07, 6.45) is 1.07. The number of rotatable bonds is 0. The van der Waals surface area contributed by atoms with Gasteiger partial charge in [0.2, 0.25) is 0 Å². The molecule has 2 aromatic carbocycles. The maximum atomic E-state index is 5.89. The van der Waals surface area contributed by atoms with Crippen LogP contribution in [0.2, 0.25) is 0 Å². The largest absolute Gasteiger partial charge is 0.493 e. The van der Waals surface area contributed by atoms with Crippen molar-refractivity contribution < 1.29 is 4.74 Å². The smallest absolute Gasteiger partial charge is 0.124 e. The Morgan fingerprint density at radius 2 is 2.00 bits per heavy atom. The van der Waals surface area contributed by atoms with E-state index in [4.69, 9.17) is 4.74 Å². The molecule has 0 saturated carbocycles. The molecule has 96 valence electrons. The molecule has 0 fully saturated rings. The quantitative estimate of drug-likeness (QED) is 0.763. The van der Waals surface area contributed by atoms with Crippen molar-refractivity contribution in [2.45, 2.75) is 25.3 Å². The summed E-state index contributed by atoms with van der Waals surface area (Å²) in [7, 11) is 0. The molecule has 0 radical (unpaired) electrons. The van der Waals surface area contributed by atoms with Gasteiger partial charge < -0.3 is 10.1 Å². The lowest BCUT2D eigenvalue weighted by molar-refractivity contribution is 0.309. The second-order valence-corrected chi connectivity index (χ2v) is 5.49. The lowest BCUT2D eigenvalue weighted by Crippen LogP contribution is -2.10. The van der Waals surface area contributed by atoms with Crippen molar-refractivity contribution in [1.29, 1.82) is 0 Å². The minimum absolute atomic E-state index is 0.357. The molecule has 19 heavy (non-hydrogen) atoms. The highest BCUT2D eigenvalue weighted by Crippen LogP contribution is 2.49. The average Bonchev–Trinajstić information content (AvgIpc) is 2.67. The highest BCUT2D eigenvalue weighted by molar-refractivity contribution is 5.63. The third-order valence-electron chi connectivity index (χ3n) is 4.26. The highest BCUT2D eigenvalue weighted by atomic mass is 16.5. The van der Waals surface area contributed by atoms with Gasteiger partial charge in [-0.2, -0.15) is 0 Å². The molecular formula is C17H17NO. The molecule has 0 amide bonds. The molecule has 0 aliphatic carbocycles. The van der Waals surface area contributed by atoms with Gasteiger partial charge in [0.05, 0.1) is 12.6 Å². The number of ether oxygens (including phenoxy) is 1. The van der Waals surface area contributed by atoms with Crippen molar-refractivity contribution >= 4 is 5.69 Å². The zero-order valence-electron chi connectivity index (χ0n) is 11.0. The Bertz CT molecular complexity index is 635. The number of anilines is 1. The van der Waals surface area contributed by atoms with Crippen LogP contribution in [0.15, 0.2) is 42.5 Å². The van der Waals surface area contributed by atoms with Gasteiger partial charge in [0, 0.05) is 17.2 Å². The van der Waals surface area contributed by atoms with Gasteiger partial charge >= 0.3 is 0 Å². The van der Waals surface area contributed by atoms with Gasteiger partial charge in [0.25, 0.3) is 0 Å². The Balaban J connectivity index is 1.84. The molecule has 0 saturated heterocycles. The van der Waals surface area contributed by atoms with Crippen molar-refractivity contribution in [1.82, 2.24) is 0 Å². The number of benzene rings is 2. The Morgan fingerprint density at radius 1 is 1.11 bits per heavy atom. The van der Waals surface area contributed by atoms with E-state index in [1.807, 2.05) is 6.07 Å². The van der Waals surface area contributed by atoms with E-state index in [1.54, 1.807) is 0 Å². The average molecular weight is 251 g/mol. The number of hydrogen-bond donors (Lipinski definition) is 1. The topological polar surface area (TPSA) is 21.3 Å². The minimum atomic E-state index is 0.357. The summed E-state index contributed by atoms with van der Waals surface area (Å²) in [5.74, 6) is 1.56. The van der Waals surface area contributed by atoms with E-state index in [9.17, 15) is 0 Å². The van der Waals surface area contributed by atoms with Gasteiger partial charge in [0.1, 0.15) is 5.75 Å². The van der Waals surface area contributed by atoms with Crippen LogP contribution in [0.5, 0.6) is 5.75 Å². The Hall–Kier alpha value is -1.96. The van der Waals surface area contributed by atoms with E-state index in [-0.39, 0.29) is 0 Å². The van der Waals surface area contributed by atoms with Crippen LogP contribution >= 0.6 is 0 Å². The van der Waals surface area contributed by atoms with Gasteiger partial charge in [-0.15, -0.1) is 0 Å². The molecule has 0 bridgehead atoms. The number of nitrogens with one attached hydrogen (secondary N) is 1. The van der Waals surface area contributed by atoms with E-state index in [0.29, 0.717) is 12.0 Å². The maximum Gasteiger partial charge on any atom is 0.124 e. The zero-order valence-corrected chi connectivity index (χ0v) is 11.0. The van der Waals surface area contributed by atoms with Crippen molar-refractivity contribution in [2.24, 2.45) is 0 Å². The van der Waals surface area contributed by atoms with Crippen LogP contribution in [0.4, 0.5) is 5.69 Å². The van der Waals surface area contributed by atoms with Gasteiger partial charge in [-0.1, -0.05) is 35.9 Å². The van der Waals surface area contributed by atoms with Crippen molar-refractivity contribution in [2.75, 3.05) is 11.9 Å². The van der Waals surface area contributed by atoms with Crippen LogP contribution in [0.1, 0.15) is 35.1 Å².